The zero-order valence-electron chi connectivity index (χ0n) is 9.58. The van der Waals surface area contributed by atoms with Crippen LogP contribution < -0.4 is 5.46 Å². The average Bonchev–Trinajstić information content (AvgIpc) is 2.26. The molecule has 1 aliphatic heterocycles. The SMILES string of the molecule is CN1C=C(O)OB(c2ccc(I)cc2)OC(O)=C1. The summed E-state index contributed by atoms with van der Waals surface area (Å²) in [6, 6.07) is 7.38. The Bertz CT molecular complexity index is 466. The molecular weight excluding hydrogens is 348 g/mol. The molecule has 0 bridgehead atoms. The van der Waals surface area contributed by atoms with Crippen molar-refractivity contribution in [3.8, 4) is 0 Å². The molecule has 94 valence electrons. The molecule has 1 aliphatic rings. The predicted molar refractivity (Wildman–Crippen MR) is 75.9 cm³/mol. The zero-order valence-corrected chi connectivity index (χ0v) is 11.7. The molecule has 1 aromatic rings. The highest BCUT2D eigenvalue weighted by Crippen LogP contribution is 2.10. The van der Waals surface area contributed by atoms with E-state index in [0.717, 1.165) is 3.57 Å². The highest BCUT2D eigenvalue weighted by atomic mass is 127. The molecule has 0 saturated carbocycles. The van der Waals surface area contributed by atoms with Gasteiger partial charge >= 0.3 is 7.12 Å². The van der Waals surface area contributed by atoms with Gasteiger partial charge in [-0.2, -0.15) is 0 Å². The van der Waals surface area contributed by atoms with Crippen LogP contribution in [-0.2, 0) is 9.31 Å². The van der Waals surface area contributed by atoms with Crippen LogP contribution in [0.1, 0.15) is 0 Å². The molecule has 0 aromatic heterocycles. The zero-order chi connectivity index (χ0) is 13.1. The molecular formula is C11H11BINO4. The van der Waals surface area contributed by atoms with Crippen molar-refractivity contribution in [2.24, 2.45) is 0 Å². The van der Waals surface area contributed by atoms with E-state index in [1.807, 2.05) is 12.1 Å². The summed E-state index contributed by atoms with van der Waals surface area (Å²) >= 11 is 2.18. The normalized spacial score (nSPS) is 15.9. The number of aliphatic hydroxyl groups excluding tert-OH is 2. The molecule has 0 unspecified atom stereocenters. The van der Waals surface area contributed by atoms with E-state index < -0.39 is 7.12 Å². The number of halogens is 1. The molecule has 1 aromatic carbocycles. The maximum atomic E-state index is 9.56. The molecule has 0 amide bonds. The molecule has 1 heterocycles. The van der Waals surface area contributed by atoms with Crippen LogP contribution in [0.5, 0.6) is 0 Å². The number of benzene rings is 1. The van der Waals surface area contributed by atoms with Gasteiger partial charge in [0, 0.05) is 16.1 Å². The van der Waals surface area contributed by atoms with Crippen molar-refractivity contribution in [3.63, 3.8) is 0 Å². The van der Waals surface area contributed by atoms with E-state index in [9.17, 15) is 10.2 Å². The molecule has 0 atom stereocenters. The Hall–Kier alpha value is -1.51. The Morgan fingerprint density at radius 1 is 1.06 bits per heavy atom. The third-order valence-electron chi connectivity index (χ3n) is 2.23. The van der Waals surface area contributed by atoms with E-state index in [1.165, 1.54) is 17.3 Å². The van der Waals surface area contributed by atoms with Crippen LogP contribution in [0.4, 0.5) is 0 Å². The van der Waals surface area contributed by atoms with Gasteiger partial charge in [0.2, 0.25) is 0 Å². The van der Waals surface area contributed by atoms with Gasteiger partial charge < -0.3 is 24.4 Å². The van der Waals surface area contributed by atoms with Gasteiger partial charge in [-0.15, -0.1) is 0 Å². The van der Waals surface area contributed by atoms with Crippen molar-refractivity contribution < 1.29 is 19.5 Å². The van der Waals surface area contributed by atoms with Crippen LogP contribution in [-0.4, -0.2) is 29.3 Å². The molecule has 5 nitrogen and oxygen atoms in total. The van der Waals surface area contributed by atoms with Gasteiger partial charge in [0.25, 0.3) is 11.9 Å². The molecule has 0 saturated heterocycles. The van der Waals surface area contributed by atoms with Gasteiger partial charge in [-0.3, -0.25) is 0 Å². The molecule has 18 heavy (non-hydrogen) atoms. The summed E-state index contributed by atoms with van der Waals surface area (Å²) in [4.78, 5) is 1.43. The summed E-state index contributed by atoms with van der Waals surface area (Å²) in [6.07, 6.45) is 2.66. The van der Waals surface area contributed by atoms with E-state index in [4.69, 9.17) is 9.31 Å². The van der Waals surface area contributed by atoms with Crippen molar-refractivity contribution in [2.45, 2.75) is 0 Å². The lowest BCUT2D eigenvalue weighted by Crippen LogP contribution is -2.37. The first-order valence-electron chi connectivity index (χ1n) is 5.17. The quantitative estimate of drug-likeness (QED) is 0.590. The summed E-state index contributed by atoms with van der Waals surface area (Å²) in [6.45, 7) is 0. The highest BCUT2D eigenvalue weighted by Gasteiger charge is 2.29. The van der Waals surface area contributed by atoms with Gasteiger partial charge in [-0.1, -0.05) is 12.1 Å². The maximum Gasteiger partial charge on any atom is 0.636 e. The van der Waals surface area contributed by atoms with Gasteiger partial charge in [-0.05, 0) is 34.7 Å². The molecule has 0 radical (unpaired) electrons. The van der Waals surface area contributed by atoms with Crippen LogP contribution in [0.3, 0.4) is 0 Å². The Kier molecular flexibility index (Phi) is 3.90. The first kappa shape index (κ1) is 12.9. The fraction of sp³-hybridized carbons (Fsp3) is 0.0909. The minimum absolute atomic E-state index is 0.287. The lowest BCUT2D eigenvalue weighted by atomic mass is 9.79. The van der Waals surface area contributed by atoms with Crippen LogP contribution in [0.25, 0.3) is 0 Å². The lowest BCUT2D eigenvalue weighted by molar-refractivity contribution is 0.124. The first-order valence-corrected chi connectivity index (χ1v) is 6.25. The van der Waals surface area contributed by atoms with Crippen molar-refractivity contribution in [1.82, 2.24) is 4.90 Å². The topological polar surface area (TPSA) is 62.2 Å². The second-order valence-corrected chi connectivity index (χ2v) is 4.96. The van der Waals surface area contributed by atoms with Crippen LogP contribution in [0.15, 0.2) is 48.6 Å². The lowest BCUT2D eigenvalue weighted by Gasteiger charge is -2.20. The predicted octanol–water partition coefficient (Wildman–Crippen LogP) is 1.68. The monoisotopic (exact) mass is 359 g/mol. The fourth-order valence-electron chi connectivity index (χ4n) is 1.45. The number of nitrogens with zero attached hydrogens (tertiary/aromatic N) is 1. The first-order chi connectivity index (χ1) is 8.54. The number of aliphatic hydroxyl groups is 2. The highest BCUT2D eigenvalue weighted by molar-refractivity contribution is 14.1. The van der Waals surface area contributed by atoms with E-state index in [-0.39, 0.29) is 11.9 Å². The Labute approximate surface area is 119 Å². The van der Waals surface area contributed by atoms with E-state index >= 15 is 0 Å². The number of hydrogen-bond acceptors (Lipinski definition) is 5. The summed E-state index contributed by atoms with van der Waals surface area (Å²) < 4.78 is 11.5. The molecule has 2 rings (SSSR count). The maximum absolute atomic E-state index is 9.56. The van der Waals surface area contributed by atoms with Gasteiger partial charge in [-0.25, -0.2) is 0 Å². The van der Waals surface area contributed by atoms with Gasteiger partial charge in [0.1, 0.15) is 0 Å². The minimum atomic E-state index is -0.886. The standard InChI is InChI=1S/C11H11BINO4/c1-14-6-10(15)17-12(18-11(16)7-14)8-2-4-9(13)5-3-8/h2-7,15-16H,1H3. The largest absolute Gasteiger partial charge is 0.636 e. The van der Waals surface area contributed by atoms with Crippen molar-refractivity contribution in [3.05, 3.63) is 52.1 Å². The summed E-state index contributed by atoms with van der Waals surface area (Å²) in [5, 5.41) is 19.1. The second kappa shape index (κ2) is 5.43. The van der Waals surface area contributed by atoms with Crippen LogP contribution in [0.2, 0.25) is 0 Å². The summed E-state index contributed by atoms with van der Waals surface area (Å²) in [5.74, 6) is -0.574. The van der Waals surface area contributed by atoms with Gasteiger partial charge in [0.15, 0.2) is 0 Å². The molecule has 0 aliphatic carbocycles. The summed E-state index contributed by atoms with van der Waals surface area (Å²) in [5.41, 5.74) is 0.694. The number of hydrogen-bond donors (Lipinski definition) is 2. The van der Waals surface area contributed by atoms with Crippen molar-refractivity contribution in [2.75, 3.05) is 7.05 Å². The van der Waals surface area contributed by atoms with E-state index in [0.29, 0.717) is 5.46 Å². The van der Waals surface area contributed by atoms with E-state index in [2.05, 4.69) is 22.6 Å². The Morgan fingerprint density at radius 2 is 1.56 bits per heavy atom. The minimum Gasteiger partial charge on any atom is -0.494 e. The average molecular weight is 359 g/mol. The van der Waals surface area contributed by atoms with Crippen LogP contribution in [0, 0.1) is 3.57 Å². The molecule has 2 N–H and O–H groups in total. The molecule has 0 spiro atoms. The Morgan fingerprint density at radius 3 is 2.06 bits per heavy atom. The van der Waals surface area contributed by atoms with Crippen molar-refractivity contribution in [1.29, 1.82) is 0 Å². The molecule has 7 heteroatoms. The smallest absolute Gasteiger partial charge is 0.494 e. The van der Waals surface area contributed by atoms with E-state index in [1.54, 1.807) is 19.2 Å². The number of rotatable bonds is 1. The summed E-state index contributed by atoms with van der Waals surface area (Å²) in [7, 11) is 0.743. The fourth-order valence-corrected chi connectivity index (χ4v) is 1.81. The van der Waals surface area contributed by atoms with Crippen molar-refractivity contribution >= 4 is 35.2 Å². The second-order valence-electron chi connectivity index (χ2n) is 3.72. The molecule has 0 fully saturated rings. The van der Waals surface area contributed by atoms with Crippen LogP contribution >= 0.6 is 22.6 Å². The third-order valence-corrected chi connectivity index (χ3v) is 2.95. The Balaban J connectivity index is 2.26. The van der Waals surface area contributed by atoms with Gasteiger partial charge in [0.05, 0.1) is 12.4 Å². The third kappa shape index (κ3) is 3.25.